The fraction of sp³-hybridized carbons (Fsp3) is 0.188. The molecule has 0 N–H and O–H groups in total. The number of rotatable bonds is 4. The van der Waals surface area contributed by atoms with E-state index in [1.165, 1.54) is 5.56 Å². The second-order valence-corrected chi connectivity index (χ2v) is 4.61. The lowest BCUT2D eigenvalue weighted by molar-refractivity contribution is 0.463. The molecule has 0 aliphatic heterocycles. The lowest BCUT2D eigenvalue weighted by Crippen LogP contribution is -2.14. The third-order valence-corrected chi connectivity index (χ3v) is 2.73. The molecule has 18 heavy (non-hydrogen) atoms. The van der Waals surface area contributed by atoms with Crippen LogP contribution in [0, 0.1) is 0 Å². The number of nitrogens with zero attached hydrogens (tertiary/aromatic N) is 2. The maximum Gasteiger partial charge on any atom is 0.0747 e. The van der Waals surface area contributed by atoms with Crippen LogP contribution in [-0.2, 0) is 0 Å². The summed E-state index contributed by atoms with van der Waals surface area (Å²) < 4.78 is 0. The van der Waals surface area contributed by atoms with Crippen LogP contribution in [0.25, 0.3) is 16.7 Å². The van der Waals surface area contributed by atoms with Crippen molar-refractivity contribution in [1.82, 2.24) is 9.88 Å². The Kier molecular flexibility index (Phi) is 3.90. The first-order valence-corrected chi connectivity index (χ1v) is 6.02. The summed E-state index contributed by atoms with van der Waals surface area (Å²) in [5.41, 5.74) is 4.35. The van der Waals surface area contributed by atoms with Gasteiger partial charge in [0.1, 0.15) is 0 Å². The number of hydrogen-bond acceptors (Lipinski definition) is 2. The zero-order valence-corrected chi connectivity index (χ0v) is 10.9. The van der Waals surface area contributed by atoms with E-state index in [0.29, 0.717) is 0 Å². The van der Waals surface area contributed by atoms with Crippen LogP contribution >= 0.6 is 0 Å². The molecule has 0 amide bonds. The summed E-state index contributed by atoms with van der Waals surface area (Å²) in [5.74, 6) is 0. The van der Waals surface area contributed by atoms with E-state index in [0.717, 1.165) is 23.4 Å². The minimum Gasteiger partial charge on any atom is -0.305 e. The molecule has 1 aromatic carbocycles. The number of aromatic nitrogens is 1. The van der Waals surface area contributed by atoms with E-state index in [1.54, 1.807) is 0 Å². The molecule has 0 bridgehead atoms. The average molecular weight is 238 g/mol. The van der Waals surface area contributed by atoms with Gasteiger partial charge >= 0.3 is 0 Å². The Balaban J connectivity index is 2.41. The van der Waals surface area contributed by atoms with Gasteiger partial charge in [-0.1, -0.05) is 43.0 Å². The van der Waals surface area contributed by atoms with E-state index in [-0.39, 0.29) is 0 Å². The first-order chi connectivity index (χ1) is 8.68. The Labute approximate surface area is 109 Å². The number of benzene rings is 1. The highest BCUT2D eigenvalue weighted by molar-refractivity contribution is 5.78. The van der Waals surface area contributed by atoms with Crippen LogP contribution in [0.15, 0.2) is 55.2 Å². The summed E-state index contributed by atoms with van der Waals surface area (Å²) in [6.07, 6.45) is 1.82. The largest absolute Gasteiger partial charge is 0.305 e. The molecule has 92 valence electrons. The third kappa shape index (κ3) is 2.84. The Morgan fingerprint density at radius 3 is 2.50 bits per heavy atom. The molecule has 2 nitrogen and oxygen atoms in total. The Morgan fingerprint density at radius 1 is 1.11 bits per heavy atom. The first-order valence-electron chi connectivity index (χ1n) is 6.02. The molecule has 0 saturated carbocycles. The standard InChI is InChI=1S/C16H18N2/c1-13(12-18(2)3)16-15(10-7-11-17-16)14-8-5-4-6-9-14/h4-11H,1,12H2,2-3H3. The molecular formula is C16H18N2. The summed E-state index contributed by atoms with van der Waals surface area (Å²) in [4.78, 5) is 6.58. The van der Waals surface area contributed by atoms with E-state index in [9.17, 15) is 0 Å². The van der Waals surface area contributed by atoms with Crippen LogP contribution in [0.4, 0.5) is 0 Å². The van der Waals surface area contributed by atoms with Crippen LogP contribution in [0.2, 0.25) is 0 Å². The van der Waals surface area contributed by atoms with Crippen molar-refractivity contribution in [1.29, 1.82) is 0 Å². The van der Waals surface area contributed by atoms with Crippen LogP contribution in [0.3, 0.4) is 0 Å². The van der Waals surface area contributed by atoms with Crippen LogP contribution in [0.5, 0.6) is 0 Å². The Hall–Kier alpha value is -1.93. The highest BCUT2D eigenvalue weighted by Gasteiger charge is 2.09. The zero-order valence-electron chi connectivity index (χ0n) is 10.9. The minimum absolute atomic E-state index is 0.816. The predicted octanol–water partition coefficient (Wildman–Crippen LogP) is 3.32. The van der Waals surface area contributed by atoms with E-state index in [2.05, 4.69) is 34.7 Å². The maximum atomic E-state index is 4.48. The van der Waals surface area contributed by atoms with Gasteiger partial charge in [-0.05, 0) is 31.3 Å². The van der Waals surface area contributed by atoms with Crippen LogP contribution < -0.4 is 0 Å². The summed E-state index contributed by atoms with van der Waals surface area (Å²) >= 11 is 0. The average Bonchev–Trinajstić information content (AvgIpc) is 2.39. The molecule has 1 aromatic heterocycles. The molecule has 0 unspecified atom stereocenters. The van der Waals surface area contributed by atoms with Gasteiger partial charge in [-0.2, -0.15) is 0 Å². The summed E-state index contributed by atoms with van der Waals surface area (Å²) in [7, 11) is 4.08. The van der Waals surface area contributed by atoms with Crippen molar-refractivity contribution in [2.45, 2.75) is 0 Å². The molecule has 0 spiro atoms. The van der Waals surface area contributed by atoms with Crippen molar-refractivity contribution >= 4 is 5.57 Å². The van der Waals surface area contributed by atoms with Gasteiger partial charge in [-0.15, -0.1) is 0 Å². The summed E-state index contributed by atoms with van der Waals surface area (Å²) in [6, 6.07) is 14.4. The van der Waals surface area contributed by atoms with E-state index >= 15 is 0 Å². The van der Waals surface area contributed by atoms with Gasteiger partial charge in [0.25, 0.3) is 0 Å². The maximum absolute atomic E-state index is 4.48. The third-order valence-electron chi connectivity index (χ3n) is 2.73. The van der Waals surface area contributed by atoms with Crippen LogP contribution in [-0.4, -0.2) is 30.5 Å². The van der Waals surface area contributed by atoms with Gasteiger partial charge < -0.3 is 4.90 Å². The molecule has 0 aliphatic carbocycles. The molecule has 0 atom stereocenters. The van der Waals surface area contributed by atoms with Crippen molar-refractivity contribution in [3.05, 3.63) is 60.9 Å². The molecule has 0 radical (unpaired) electrons. The SMILES string of the molecule is C=C(CN(C)C)c1ncccc1-c1ccccc1. The highest BCUT2D eigenvalue weighted by Crippen LogP contribution is 2.26. The lowest BCUT2D eigenvalue weighted by Gasteiger charge is -2.14. The van der Waals surface area contributed by atoms with E-state index < -0.39 is 0 Å². The number of pyridine rings is 1. The molecular weight excluding hydrogens is 220 g/mol. The predicted molar refractivity (Wildman–Crippen MR) is 77.3 cm³/mol. The zero-order chi connectivity index (χ0) is 13.0. The van der Waals surface area contributed by atoms with Crippen molar-refractivity contribution in [3.8, 4) is 11.1 Å². The highest BCUT2D eigenvalue weighted by atomic mass is 15.1. The topological polar surface area (TPSA) is 16.1 Å². The first kappa shape index (κ1) is 12.5. The van der Waals surface area contributed by atoms with Gasteiger partial charge in [0.15, 0.2) is 0 Å². The van der Waals surface area contributed by atoms with Crippen molar-refractivity contribution < 1.29 is 0 Å². The normalized spacial score (nSPS) is 10.6. The molecule has 0 aliphatic rings. The quantitative estimate of drug-likeness (QED) is 0.812. The van der Waals surface area contributed by atoms with Gasteiger partial charge in [-0.25, -0.2) is 0 Å². The fourth-order valence-corrected chi connectivity index (χ4v) is 1.99. The smallest absolute Gasteiger partial charge is 0.0747 e. The molecule has 0 fully saturated rings. The van der Waals surface area contributed by atoms with Crippen molar-refractivity contribution in [2.24, 2.45) is 0 Å². The van der Waals surface area contributed by atoms with Gasteiger partial charge in [0, 0.05) is 18.3 Å². The van der Waals surface area contributed by atoms with Crippen molar-refractivity contribution in [2.75, 3.05) is 20.6 Å². The number of hydrogen-bond donors (Lipinski definition) is 0. The monoisotopic (exact) mass is 238 g/mol. The molecule has 0 saturated heterocycles. The second-order valence-electron chi connectivity index (χ2n) is 4.61. The van der Waals surface area contributed by atoms with E-state index in [4.69, 9.17) is 0 Å². The van der Waals surface area contributed by atoms with Gasteiger partial charge in [0.05, 0.1) is 5.69 Å². The summed E-state index contributed by atoms with van der Waals surface area (Å²) in [5, 5.41) is 0. The Morgan fingerprint density at radius 2 is 1.83 bits per heavy atom. The Bertz CT molecular complexity index is 530. The second kappa shape index (κ2) is 5.61. The minimum atomic E-state index is 0.816. The van der Waals surface area contributed by atoms with E-state index in [1.807, 2.05) is 44.6 Å². The number of likely N-dealkylation sites (N-methyl/N-ethyl adjacent to an activating group) is 1. The fourth-order valence-electron chi connectivity index (χ4n) is 1.99. The molecule has 1 heterocycles. The summed E-state index contributed by atoms with van der Waals surface area (Å²) in [6.45, 7) is 4.96. The molecule has 2 heteroatoms. The van der Waals surface area contributed by atoms with Crippen LogP contribution in [0.1, 0.15) is 5.69 Å². The lowest BCUT2D eigenvalue weighted by atomic mass is 10.00. The molecule has 2 aromatic rings. The van der Waals surface area contributed by atoms with Gasteiger partial charge in [-0.3, -0.25) is 4.98 Å². The molecule has 2 rings (SSSR count). The van der Waals surface area contributed by atoms with Crippen molar-refractivity contribution in [3.63, 3.8) is 0 Å². The van der Waals surface area contributed by atoms with Gasteiger partial charge in [0.2, 0.25) is 0 Å².